The number of aromatic nitrogens is 5. The molecule has 4 aromatic rings. The molecule has 5 rings (SSSR count). The van der Waals surface area contributed by atoms with Gasteiger partial charge in [-0.05, 0) is 42.7 Å². The molecule has 0 amide bonds. The Kier molecular flexibility index (Phi) is 5.50. The molecule has 1 saturated heterocycles. The van der Waals surface area contributed by atoms with Gasteiger partial charge in [0.1, 0.15) is 17.8 Å². The second-order valence-corrected chi connectivity index (χ2v) is 7.92. The number of anilines is 2. The van der Waals surface area contributed by atoms with Crippen molar-refractivity contribution in [1.29, 1.82) is 0 Å². The summed E-state index contributed by atoms with van der Waals surface area (Å²) < 4.78 is 67.4. The monoisotopic (exact) mass is 475 g/mol. The molecule has 12 heteroatoms. The zero-order valence-electron chi connectivity index (χ0n) is 17.6. The topological polar surface area (TPSA) is 71.2 Å². The lowest BCUT2D eigenvalue weighted by Crippen LogP contribution is -2.39. The molecule has 3 aromatic heterocycles. The normalized spacial score (nSPS) is 15.1. The van der Waals surface area contributed by atoms with Gasteiger partial charge in [-0.3, -0.25) is 0 Å². The molecule has 1 aromatic carbocycles. The third kappa shape index (κ3) is 4.35. The van der Waals surface area contributed by atoms with Crippen molar-refractivity contribution in [3.8, 4) is 11.1 Å². The van der Waals surface area contributed by atoms with Crippen molar-refractivity contribution in [2.75, 3.05) is 23.3 Å². The van der Waals surface area contributed by atoms with Gasteiger partial charge in [-0.15, -0.1) is 5.10 Å². The smallest absolute Gasteiger partial charge is 0.356 e. The summed E-state index contributed by atoms with van der Waals surface area (Å²) in [5.74, 6) is -1.27. The fourth-order valence-corrected chi connectivity index (χ4v) is 3.97. The van der Waals surface area contributed by atoms with Crippen LogP contribution in [0.1, 0.15) is 18.5 Å². The lowest BCUT2D eigenvalue weighted by Gasteiger charge is -2.33. The zero-order valence-corrected chi connectivity index (χ0v) is 17.6. The number of piperidine rings is 1. The van der Waals surface area contributed by atoms with Crippen LogP contribution in [-0.2, 0) is 6.18 Å². The number of rotatable bonds is 4. The van der Waals surface area contributed by atoms with Gasteiger partial charge in [0.25, 0.3) is 0 Å². The first-order valence-corrected chi connectivity index (χ1v) is 10.5. The summed E-state index contributed by atoms with van der Waals surface area (Å²) in [6.07, 6.45) is -0.626. The van der Waals surface area contributed by atoms with Crippen LogP contribution >= 0.6 is 0 Å². The SMILES string of the molecule is Fc1ccc(-c2cccn3nc(NC4CCN(c5cc(C(F)(F)F)ncn5)CC4)nc23)cc1F. The van der Waals surface area contributed by atoms with Crippen LogP contribution in [0.25, 0.3) is 16.8 Å². The summed E-state index contributed by atoms with van der Waals surface area (Å²) in [5.41, 5.74) is 0.582. The van der Waals surface area contributed by atoms with Crippen LogP contribution in [0.4, 0.5) is 33.7 Å². The second kappa shape index (κ2) is 8.50. The molecule has 0 aliphatic carbocycles. The summed E-state index contributed by atoms with van der Waals surface area (Å²) in [6.45, 7) is 0.999. The number of alkyl halides is 3. The van der Waals surface area contributed by atoms with Crippen LogP contribution in [0.15, 0.2) is 48.9 Å². The predicted octanol–water partition coefficient (Wildman–Crippen LogP) is 4.56. The Bertz CT molecular complexity index is 1330. The Balaban J connectivity index is 1.29. The highest BCUT2D eigenvalue weighted by Gasteiger charge is 2.33. The van der Waals surface area contributed by atoms with E-state index in [4.69, 9.17) is 0 Å². The second-order valence-electron chi connectivity index (χ2n) is 7.92. The number of fused-ring (bicyclic) bond motifs is 1. The number of pyridine rings is 1. The van der Waals surface area contributed by atoms with Crippen molar-refractivity contribution >= 4 is 17.4 Å². The van der Waals surface area contributed by atoms with E-state index in [-0.39, 0.29) is 11.9 Å². The van der Waals surface area contributed by atoms with Crippen LogP contribution in [0, 0.1) is 11.6 Å². The number of hydrogen-bond donors (Lipinski definition) is 1. The molecule has 1 aliphatic heterocycles. The summed E-state index contributed by atoms with van der Waals surface area (Å²) in [6, 6.07) is 8.09. The fourth-order valence-electron chi connectivity index (χ4n) is 3.97. The van der Waals surface area contributed by atoms with Crippen molar-refractivity contribution in [1.82, 2.24) is 24.6 Å². The number of halogens is 5. The highest BCUT2D eigenvalue weighted by atomic mass is 19.4. The minimum absolute atomic E-state index is 0.00398. The average Bonchev–Trinajstić information content (AvgIpc) is 3.23. The minimum atomic E-state index is -4.52. The number of benzene rings is 1. The largest absolute Gasteiger partial charge is 0.433 e. The minimum Gasteiger partial charge on any atom is -0.356 e. The van der Waals surface area contributed by atoms with E-state index < -0.39 is 23.5 Å². The van der Waals surface area contributed by atoms with Gasteiger partial charge in [0.05, 0.1) is 0 Å². The van der Waals surface area contributed by atoms with Crippen molar-refractivity contribution in [3.05, 3.63) is 66.3 Å². The Labute approximate surface area is 190 Å². The first-order valence-electron chi connectivity index (χ1n) is 10.5. The van der Waals surface area contributed by atoms with Gasteiger partial charge in [0, 0.05) is 37.0 Å². The number of hydrogen-bond acceptors (Lipinski definition) is 6. The third-order valence-electron chi connectivity index (χ3n) is 5.69. The van der Waals surface area contributed by atoms with Crippen molar-refractivity contribution in [2.45, 2.75) is 25.1 Å². The van der Waals surface area contributed by atoms with Crippen LogP contribution in [0.3, 0.4) is 0 Å². The molecule has 1 fully saturated rings. The lowest BCUT2D eigenvalue weighted by molar-refractivity contribution is -0.141. The van der Waals surface area contributed by atoms with E-state index in [0.717, 1.165) is 24.5 Å². The number of nitrogens with one attached hydrogen (secondary N) is 1. The summed E-state index contributed by atoms with van der Waals surface area (Å²) in [5, 5.41) is 7.68. The molecule has 0 unspecified atom stereocenters. The van der Waals surface area contributed by atoms with Gasteiger partial charge in [0.15, 0.2) is 17.3 Å². The average molecular weight is 475 g/mol. The van der Waals surface area contributed by atoms with Gasteiger partial charge < -0.3 is 10.2 Å². The zero-order chi connectivity index (χ0) is 23.9. The van der Waals surface area contributed by atoms with Crippen LogP contribution in [-0.4, -0.2) is 43.7 Å². The highest BCUT2D eigenvalue weighted by molar-refractivity contribution is 5.77. The molecule has 0 bridgehead atoms. The van der Waals surface area contributed by atoms with Crippen LogP contribution < -0.4 is 10.2 Å². The molecule has 0 spiro atoms. The van der Waals surface area contributed by atoms with Crippen molar-refractivity contribution in [3.63, 3.8) is 0 Å². The van der Waals surface area contributed by atoms with E-state index in [0.29, 0.717) is 48.7 Å². The van der Waals surface area contributed by atoms with E-state index in [1.165, 1.54) is 6.07 Å². The molecule has 0 atom stereocenters. The molecular weight excluding hydrogens is 457 g/mol. The van der Waals surface area contributed by atoms with Gasteiger partial charge in [0.2, 0.25) is 5.95 Å². The van der Waals surface area contributed by atoms with Crippen LogP contribution in [0.2, 0.25) is 0 Å². The molecule has 176 valence electrons. The quantitative estimate of drug-likeness (QED) is 0.437. The molecule has 1 aliphatic rings. The summed E-state index contributed by atoms with van der Waals surface area (Å²) >= 11 is 0. The first-order chi connectivity index (χ1) is 16.3. The predicted molar refractivity (Wildman–Crippen MR) is 114 cm³/mol. The van der Waals surface area contributed by atoms with Gasteiger partial charge >= 0.3 is 6.18 Å². The van der Waals surface area contributed by atoms with Gasteiger partial charge in [-0.25, -0.2) is 23.3 Å². The highest BCUT2D eigenvalue weighted by Crippen LogP contribution is 2.30. The van der Waals surface area contributed by atoms with E-state index in [1.807, 2.05) is 0 Å². The maximum atomic E-state index is 13.7. The van der Waals surface area contributed by atoms with Gasteiger partial charge in [-0.1, -0.05) is 6.07 Å². The maximum absolute atomic E-state index is 13.7. The third-order valence-corrected chi connectivity index (χ3v) is 5.69. The number of nitrogens with zero attached hydrogens (tertiary/aromatic N) is 6. The standard InChI is InChI=1S/C22H18F5N7/c23-16-4-3-13(10-17(16)24)15-2-1-7-34-20(15)31-21(32-34)30-14-5-8-33(9-6-14)19-11-18(22(25,26)27)28-12-29-19/h1-4,7,10-12,14H,5-6,8-9H2,(H,30,32). The first kappa shape index (κ1) is 22.0. The molecule has 1 N–H and O–H groups in total. The Morgan fingerprint density at radius 1 is 0.971 bits per heavy atom. The molecule has 0 saturated carbocycles. The van der Waals surface area contributed by atoms with Crippen LogP contribution in [0.5, 0.6) is 0 Å². The lowest BCUT2D eigenvalue weighted by atomic mass is 10.1. The van der Waals surface area contributed by atoms with E-state index in [9.17, 15) is 22.0 Å². The van der Waals surface area contributed by atoms with E-state index >= 15 is 0 Å². The molecule has 7 nitrogen and oxygen atoms in total. The Hall–Kier alpha value is -3.83. The molecule has 4 heterocycles. The Morgan fingerprint density at radius 3 is 2.50 bits per heavy atom. The maximum Gasteiger partial charge on any atom is 0.433 e. The fraction of sp³-hybridized carbons (Fsp3) is 0.273. The van der Waals surface area contributed by atoms with Crippen molar-refractivity contribution < 1.29 is 22.0 Å². The summed E-state index contributed by atoms with van der Waals surface area (Å²) in [7, 11) is 0. The van der Waals surface area contributed by atoms with E-state index in [2.05, 4.69) is 25.4 Å². The van der Waals surface area contributed by atoms with Gasteiger partial charge in [-0.2, -0.15) is 18.2 Å². The molecular formula is C22H18F5N7. The van der Waals surface area contributed by atoms with E-state index in [1.54, 1.807) is 27.7 Å². The Morgan fingerprint density at radius 2 is 1.76 bits per heavy atom. The molecule has 34 heavy (non-hydrogen) atoms. The summed E-state index contributed by atoms with van der Waals surface area (Å²) in [4.78, 5) is 13.6. The van der Waals surface area contributed by atoms with Crippen molar-refractivity contribution in [2.24, 2.45) is 0 Å². The molecule has 0 radical (unpaired) electrons.